The van der Waals surface area contributed by atoms with Crippen LogP contribution in [0.3, 0.4) is 0 Å². The number of aromatic nitrogens is 1. The van der Waals surface area contributed by atoms with Gasteiger partial charge in [-0.05, 0) is 51.9 Å². The van der Waals surface area contributed by atoms with Gasteiger partial charge >= 0.3 is 7.12 Å². The molecule has 1 aromatic heterocycles. The average molecular weight is 275 g/mol. The zero-order valence-corrected chi connectivity index (χ0v) is 12.7. The number of hydrogen-bond donors (Lipinski definition) is 0. The summed E-state index contributed by atoms with van der Waals surface area (Å²) in [7, 11) is -0.397. The Hall–Kier alpha value is -1.07. The van der Waals surface area contributed by atoms with Gasteiger partial charge in [-0.1, -0.05) is 6.07 Å². The Morgan fingerprint density at radius 3 is 2.35 bits per heavy atom. The minimum atomic E-state index is -0.397. The van der Waals surface area contributed by atoms with Gasteiger partial charge in [-0.15, -0.1) is 0 Å². The number of nitrogens with zero attached hydrogens (tertiary/aromatic N) is 1. The van der Waals surface area contributed by atoms with Crippen LogP contribution in [0.4, 0.5) is 0 Å². The maximum absolute atomic E-state index is 11.9. The molecule has 0 aromatic carbocycles. The van der Waals surface area contributed by atoms with E-state index in [4.69, 9.17) is 9.31 Å². The molecule has 0 bridgehead atoms. The first kappa shape index (κ1) is 13.9. The van der Waals surface area contributed by atoms with E-state index in [-0.39, 0.29) is 16.8 Å². The number of rotatable bonds is 3. The fraction of sp³-hybridized carbons (Fsp3) is 0.667. The molecule has 0 amide bonds. The second-order valence-corrected chi connectivity index (χ2v) is 6.98. The summed E-state index contributed by atoms with van der Waals surface area (Å²) >= 11 is 0. The van der Waals surface area contributed by atoms with E-state index < -0.39 is 7.12 Å². The minimum absolute atomic E-state index is 0.0529. The van der Waals surface area contributed by atoms with Crippen LogP contribution in [0.2, 0.25) is 0 Å². The second-order valence-electron chi connectivity index (χ2n) is 6.98. The summed E-state index contributed by atoms with van der Waals surface area (Å²) in [4.78, 5) is 11.9. The van der Waals surface area contributed by atoms with Crippen molar-refractivity contribution in [2.45, 2.75) is 58.3 Å². The highest BCUT2D eigenvalue weighted by Crippen LogP contribution is 2.36. The molecule has 1 saturated carbocycles. The van der Waals surface area contributed by atoms with Crippen molar-refractivity contribution in [2.24, 2.45) is 5.92 Å². The van der Waals surface area contributed by atoms with Crippen LogP contribution in [0.5, 0.6) is 0 Å². The molecule has 20 heavy (non-hydrogen) atoms. The molecule has 0 spiro atoms. The van der Waals surface area contributed by atoms with Gasteiger partial charge in [0.1, 0.15) is 0 Å². The maximum atomic E-state index is 11.9. The molecule has 5 heteroatoms. The van der Waals surface area contributed by atoms with Gasteiger partial charge in [0.25, 0.3) is 0 Å². The molecule has 1 aromatic rings. The Labute approximate surface area is 120 Å². The van der Waals surface area contributed by atoms with Crippen LogP contribution in [0.25, 0.3) is 0 Å². The average Bonchev–Trinajstić information content (AvgIpc) is 3.10. The van der Waals surface area contributed by atoms with Crippen molar-refractivity contribution < 1.29 is 9.31 Å². The monoisotopic (exact) mass is 275 g/mol. The van der Waals surface area contributed by atoms with Gasteiger partial charge < -0.3 is 13.9 Å². The fourth-order valence-electron chi connectivity index (χ4n) is 2.39. The largest absolute Gasteiger partial charge is 0.496 e. The number of pyridine rings is 1. The van der Waals surface area contributed by atoms with Crippen molar-refractivity contribution in [2.75, 3.05) is 0 Å². The Balaban J connectivity index is 1.86. The van der Waals surface area contributed by atoms with Crippen molar-refractivity contribution in [3.63, 3.8) is 0 Å². The molecule has 1 saturated heterocycles. The third-order valence-electron chi connectivity index (χ3n) is 4.68. The van der Waals surface area contributed by atoms with Crippen LogP contribution in [0.15, 0.2) is 23.1 Å². The summed E-state index contributed by atoms with van der Waals surface area (Å²) in [6.45, 7) is 8.95. The highest BCUT2D eigenvalue weighted by Gasteiger charge is 2.51. The predicted molar refractivity (Wildman–Crippen MR) is 79.1 cm³/mol. The summed E-state index contributed by atoms with van der Waals surface area (Å²) in [6, 6.07) is 3.43. The third-order valence-corrected chi connectivity index (χ3v) is 4.68. The molecule has 1 aliphatic carbocycles. The highest BCUT2D eigenvalue weighted by atomic mass is 16.7. The lowest BCUT2D eigenvalue weighted by Crippen LogP contribution is -2.41. The molecule has 2 aliphatic rings. The van der Waals surface area contributed by atoms with Crippen molar-refractivity contribution in [3.8, 4) is 0 Å². The van der Waals surface area contributed by atoms with Crippen molar-refractivity contribution >= 4 is 12.6 Å². The molecule has 0 radical (unpaired) electrons. The standard InChI is InChI=1S/C15H22BNO3/c1-14(2)15(3,4)20-16(19-14)12-7-8-13(18)17(10-12)9-11-5-6-11/h7-8,10-11H,5-6,9H2,1-4H3. The first-order valence-electron chi connectivity index (χ1n) is 7.34. The molecule has 0 unspecified atom stereocenters. The van der Waals surface area contributed by atoms with Crippen molar-refractivity contribution in [1.29, 1.82) is 0 Å². The van der Waals surface area contributed by atoms with E-state index in [2.05, 4.69) is 0 Å². The van der Waals surface area contributed by atoms with E-state index in [0.29, 0.717) is 5.92 Å². The normalized spacial score (nSPS) is 24.1. The fourth-order valence-corrected chi connectivity index (χ4v) is 2.39. The molecule has 4 nitrogen and oxygen atoms in total. The Morgan fingerprint density at radius 2 is 1.80 bits per heavy atom. The van der Waals surface area contributed by atoms with Crippen LogP contribution in [-0.2, 0) is 15.9 Å². The van der Waals surface area contributed by atoms with Crippen molar-refractivity contribution in [3.05, 3.63) is 28.7 Å². The van der Waals surface area contributed by atoms with Gasteiger partial charge in [0.15, 0.2) is 0 Å². The molecular weight excluding hydrogens is 253 g/mol. The van der Waals surface area contributed by atoms with E-state index in [0.717, 1.165) is 12.0 Å². The molecule has 2 heterocycles. The summed E-state index contributed by atoms with van der Waals surface area (Å²) in [5, 5.41) is 0. The van der Waals surface area contributed by atoms with E-state index >= 15 is 0 Å². The van der Waals surface area contributed by atoms with Gasteiger partial charge in [0.2, 0.25) is 5.56 Å². The Kier molecular flexibility index (Phi) is 3.10. The quantitative estimate of drug-likeness (QED) is 0.786. The van der Waals surface area contributed by atoms with Gasteiger partial charge in [-0.2, -0.15) is 0 Å². The topological polar surface area (TPSA) is 40.5 Å². The molecular formula is C15H22BNO3. The first-order chi connectivity index (χ1) is 9.28. The SMILES string of the molecule is CC1(C)OB(c2ccc(=O)n(CC3CC3)c2)OC1(C)C. The molecule has 108 valence electrons. The van der Waals surface area contributed by atoms with Gasteiger partial charge in [0, 0.05) is 18.8 Å². The van der Waals surface area contributed by atoms with Gasteiger partial charge in [-0.3, -0.25) is 4.79 Å². The van der Waals surface area contributed by atoms with Crippen LogP contribution in [0.1, 0.15) is 40.5 Å². The summed E-state index contributed by atoms with van der Waals surface area (Å²) in [5.74, 6) is 0.668. The zero-order chi connectivity index (χ0) is 14.5. The van der Waals surface area contributed by atoms with E-state index in [9.17, 15) is 4.79 Å². The number of hydrogen-bond acceptors (Lipinski definition) is 3. The Morgan fingerprint density at radius 1 is 1.20 bits per heavy atom. The predicted octanol–water partition coefficient (Wildman–Crippen LogP) is 1.56. The molecule has 1 aliphatic heterocycles. The minimum Gasteiger partial charge on any atom is -0.399 e. The van der Waals surface area contributed by atoms with Crippen LogP contribution >= 0.6 is 0 Å². The van der Waals surface area contributed by atoms with E-state index in [1.54, 1.807) is 10.6 Å². The maximum Gasteiger partial charge on any atom is 0.496 e. The van der Waals surface area contributed by atoms with Crippen LogP contribution < -0.4 is 11.0 Å². The first-order valence-corrected chi connectivity index (χ1v) is 7.34. The van der Waals surface area contributed by atoms with E-state index in [1.807, 2.05) is 40.0 Å². The molecule has 0 atom stereocenters. The second kappa shape index (κ2) is 4.47. The van der Waals surface area contributed by atoms with Crippen LogP contribution in [0, 0.1) is 5.92 Å². The van der Waals surface area contributed by atoms with Gasteiger partial charge in [-0.25, -0.2) is 0 Å². The van der Waals surface area contributed by atoms with Gasteiger partial charge in [0.05, 0.1) is 11.2 Å². The molecule has 2 fully saturated rings. The molecule has 0 N–H and O–H groups in total. The lowest BCUT2D eigenvalue weighted by atomic mass is 9.80. The summed E-state index contributed by atoms with van der Waals surface area (Å²) in [6.07, 6.45) is 4.35. The highest BCUT2D eigenvalue weighted by molar-refractivity contribution is 6.62. The van der Waals surface area contributed by atoms with Crippen molar-refractivity contribution in [1.82, 2.24) is 4.57 Å². The third kappa shape index (κ3) is 2.45. The lowest BCUT2D eigenvalue weighted by molar-refractivity contribution is 0.00578. The van der Waals surface area contributed by atoms with E-state index in [1.165, 1.54) is 12.8 Å². The zero-order valence-electron chi connectivity index (χ0n) is 12.7. The van der Waals surface area contributed by atoms with Crippen LogP contribution in [-0.4, -0.2) is 22.9 Å². The molecule has 3 rings (SSSR count). The summed E-state index contributed by atoms with van der Waals surface area (Å²) in [5.41, 5.74) is 0.269. The smallest absolute Gasteiger partial charge is 0.399 e. The summed E-state index contributed by atoms with van der Waals surface area (Å²) < 4.78 is 13.8. The Bertz CT molecular complexity index is 559. The lowest BCUT2D eigenvalue weighted by Gasteiger charge is -2.32.